The van der Waals surface area contributed by atoms with Gasteiger partial charge in [-0.1, -0.05) is 37.7 Å². The maximum Gasteiger partial charge on any atom is 0.262 e. The monoisotopic (exact) mass is 422 g/mol. The SMILES string of the molecule is COc1ccc(-c2nnc(SCN3C(=O)c4ccccc4C3=O)n2CC(C)C)cc1. The number of carbonyl (C=O) groups is 2. The molecule has 1 aromatic heterocycles. The maximum absolute atomic E-state index is 12.6. The highest BCUT2D eigenvalue weighted by atomic mass is 32.2. The predicted octanol–water partition coefficient (Wildman–Crippen LogP) is 3.96. The van der Waals surface area contributed by atoms with Gasteiger partial charge in [-0.05, 0) is 42.3 Å². The molecule has 0 radical (unpaired) electrons. The summed E-state index contributed by atoms with van der Waals surface area (Å²) in [6.07, 6.45) is 0. The molecule has 1 aliphatic rings. The van der Waals surface area contributed by atoms with E-state index >= 15 is 0 Å². The number of benzene rings is 2. The molecule has 2 heterocycles. The Labute approximate surface area is 179 Å². The summed E-state index contributed by atoms with van der Waals surface area (Å²) in [7, 11) is 1.63. The normalized spacial score (nSPS) is 13.3. The van der Waals surface area contributed by atoms with Gasteiger partial charge in [0.2, 0.25) is 0 Å². The van der Waals surface area contributed by atoms with Gasteiger partial charge in [-0.15, -0.1) is 10.2 Å². The highest BCUT2D eigenvalue weighted by molar-refractivity contribution is 7.99. The standard InChI is InChI=1S/C22H22N4O3S/c1-14(2)12-25-19(15-8-10-16(29-3)11-9-15)23-24-22(25)30-13-26-20(27)17-6-4-5-7-18(17)21(26)28/h4-11,14H,12-13H2,1-3H3. The lowest BCUT2D eigenvalue weighted by Gasteiger charge is -2.15. The van der Waals surface area contributed by atoms with Crippen LogP contribution in [-0.2, 0) is 6.54 Å². The van der Waals surface area contributed by atoms with E-state index in [0.717, 1.165) is 23.7 Å². The topological polar surface area (TPSA) is 77.3 Å². The highest BCUT2D eigenvalue weighted by Crippen LogP contribution is 2.29. The van der Waals surface area contributed by atoms with E-state index in [4.69, 9.17) is 4.74 Å². The molecule has 1 aliphatic heterocycles. The summed E-state index contributed by atoms with van der Waals surface area (Å²) in [5.74, 6) is 1.54. The molecule has 4 rings (SSSR count). The average molecular weight is 423 g/mol. The summed E-state index contributed by atoms with van der Waals surface area (Å²) in [6.45, 7) is 4.96. The predicted molar refractivity (Wildman–Crippen MR) is 115 cm³/mol. The van der Waals surface area contributed by atoms with Gasteiger partial charge in [0.1, 0.15) is 5.75 Å². The number of fused-ring (bicyclic) bond motifs is 1. The number of carbonyl (C=O) groups excluding carboxylic acids is 2. The van der Waals surface area contributed by atoms with Crippen LogP contribution in [0.2, 0.25) is 0 Å². The van der Waals surface area contributed by atoms with E-state index in [1.165, 1.54) is 16.7 Å². The molecular formula is C22H22N4O3S. The Bertz CT molecular complexity index is 1060. The smallest absolute Gasteiger partial charge is 0.262 e. The number of hydrogen-bond acceptors (Lipinski definition) is 6. The molecule has 0 atom stereocenters. The number of rotatable bonds is 7. The molecule has 0 N–H and O–H groups in total. The van der Waals surface area contributed by atoms with Crippen molar-refractivity contribution in [3.8, 4) is 17.1 Å². The lowest BCUT2D eigenvalue weighted by Crippen LogP contribution is -2.29. The van der Waals surface area contributed by atoms with Crippen molar-refractivity contribution in [1.29, 1.82) is 0 Å². The van der Waals surface area contributed by atoms with Crippen LogP contribution >= 0.6 is 11.8 Å². The Kier molecular flexibility index (Phi) is 5.59. The molecule has 2 amide bonds. The second-order valence-corrected chi connectivity index (χ2v) is 8.31. The molecule has 0 fully saturated rings. The van der Waals surface area contributed by atoms with E-state index in [1.54, 1.807) is 31.4 Å². The summed E-state index contributed by atoms with van der Waals surface area (Å²) in [5.41, 5.74) is 1.83. The van der Waals surface area contributed by atoms with Crippen LogP contribution in [0.3, 0.4) is 0 Å². The maximum atomic E-state index is 12.6. The number of amides is 2. The Morgan fingerprint density at radius 1 is 0.967 bits per heavy atom. The average Bonchev–Trinajstić information content (AvgIpc) is 3.25. The number of aromatic nitrogens is 3. The van der Waals surface area contributed by atoms with Gasteiger partial charge >= 0.3 is 0 Å². The van der Waals surface area contributed by atoms with Gasteiger partial charge in [-0.25, -0.2) is 0 Å². The van der Waals surface area contributed by atoms with Crippen molar-refractivity contribution in [3.63, 3.8) is 0 Å². The highest BCUT2D eigenvalue weighted by Gasteiger charge is 2.35. The van der Waals surface area contributed by atoms with Crippen LogP contribution < -0.4 is 4.74 Å². The fourth-order valence-corrected chi connectivity index (χ4v) is 4.25. The van der Waals surface area contributed by atoms with Crippen LogP contribution in [0.5, 0.6) is 5.75 Å². The number of hydrogen-bond donors (Lipinski definition) is 0. The molecule has 0 bridgehead atoms. The summed E-state index contributed by atoms with van der Waals surface area (Å²) < 4.78 is 7.27. The van der Waals surface area contributed by atoms with Gasteiger partial charge in [0.15, 0.2) is 11.0 Å². The molecule has 30 heavy (non-hydrogen) atoms. The van der Waals surface area contributed by atoms with Crippen LogP contribution in [0.1, 0.15) is 34.6 Å². The number of thioether (sulfide) groups is 1. The molecule has 0 spiro atoms. The van der Waals surface area contributed by atoms with E-state index in [9.17, 15) is 9.59 Å². The molecule has 0 saturated carbocycles. The minimum absolute atomic E-state index is 0.186. The number of imide groups is 1. The minimum atomic E-state index is -0.270. The second kappa shape index (κ2) is 8.31. The van der Waals surface area contributed by atoms with Crippen molar-refractivity contribution >= 4 is 23.6 Å². The van der Waals surface area contributed by atoms with Crippen LogP contribution in [-0.4, -0.2) is 44.5 Å². The molecule has 154 valence electrons. The van der Waals surface area contributed by atoms with Gasteiger partial charge in [-0.2, -0.15) is 0 Å². The molecule has 3 aromatic rings. The van der Waals surface area contributed by atoms with Gasteiger partial charge in [0, 0.05) is 12.1 Å². The first-order valence-corrected chi connectivity index (χ1v) is 10.6. The minimum Gasteiger partial charge on any atom is -0.497 e. The summed E-state index contributed by atoms with van der Waals surface area (Å²) in [4.78, 5) is 26.5. The summed E-state index contributed by atoms with van der Waals surface area (Å²) in [5, 5.41) is 9.40. The van der Waals surface area contributed by atoms with Crippen molar-refractivity contribution in [2.24, 2.45) is 5.92 Å². The molecule has 2 aromatic carbocycles. The molecule has 0 saturated heterocycles. The van der Waals surface area contributed by atoms with Crippen LogP contribution in [0.15, 0.2) is 53.7 Å². The Morgan fingerprint density at radius 3 is 2.17 bits per heavy atom. The fraction of sp³-hybridized carbons (Fsp3) is 0.273. The number of methoxy groups -OCH3 is 1. The van der Waals surface area contributed by atoms with Crippen molar-refractivity contribution in [2.75, 3.05) is 13.0 Å². The third-order valence-electron chi connectivity index (χ3n) is 4.81. The zero-order valence-electron chi connectivity index (χ0n) is 17.0. The van der Waals surface area contributed by atoms with Gasteiger partial charge in [0.25, 0.3) is 11.8 Å². The van der Waals surface area contributed by atoms with Crippen molar-refractivity contribution < 1.29 is 14.3 Å². The Morgan fingerprint density at radius 2 is 1.60 bits per heavy atom. The van der Waals surface area contributed by atoms with E-state index in [0.29, 0.717) is 22.2 Å². The fourth-order valence-electron chi connectivity index (χ4n) is 3.36. The molecule has 0 aliphatic carbocycles. The lowest BCUT2D eigenvalue weighted by atomic mass is 10.1. The summed E-state index contributed by atoms with van der Waals surface area (Å²) >= 11 is 1.34. The van der Waals surface area contributed by atoms with Crippen LogP contribution in [0, 0.1) is 5.92 Å². The molecule has 8 heteroatoms. The first kappa shape index (κ1) is 20.2. The number of nitrogens with zero attached hydrogens (tertiary/aromatic N) is 4. The van der Waals surface area contributed by atoms with Crippen LogP contribution in [0.4, 0.5) is 0 Å². The van der Waals surface area contributed by atoms with Gasteiger partial charge < -0.3 is 9.30 Å². The first-order valence-electron chi connectivity index (χ1n) is 9.65. The number of ether oxygens (including phenoxy) is 1. The van der Waals surface area contributed by atoms with E-state index in [1.807, 2.05) is 28.8 Å². The molecule has 7 nitrogen and oxygen atoms in total. The van der Waals surface area contributed by atoms with E-state index in [2.05, 4.69) is 24.0 Å². The zero-order chi connectivity index (χ0) is 21.3. The van der Waals surface area contributed by atoms with Crippen LogP contribution in [0.25, 0.3) is 11.4 Å². The summed E-state index contributed by atoms with van der Waals surface area (Å²) in [6, 6.07) is 14.6. The Hall–Kier alpha value is -3.13. The molecule has 0 unspecified atom stereocenters. The van der Waals surface area contributed by atoms with Crippen molar-refractivity contribution in [1.82, 2.24) is 19.7 Å². The quantitative estimate of drug-likeness (QED) is 0.424. The third kappa shape index (κ3) is 3.70. The van der Waals surface area contributed by atoms with Gasteiger partial charge in [-0.3, -0.25) is 14.5 Å². The molecular weight excluding hydrogens is 400 g/mol. The van der Waals surface area contributed by atoms with Crippen molar-refractivity contribution in [3.05, 3.63) is 59.7 Å². The van der Waals surface area contributed by atoms with E-state index < -0.39 is 0 Å². The zero-order valence-corrected chi connectivity index (χ0v) is 17.8. The Balaban J connectivity index is 1.58. The lowest BCUT2D eigenvalue weighted by molar-refractivity contribution is 0.0684. The largest absolute Gasteiger partial charge is 0.497 e. The van der Waals surface area contributed by atoms with E-state index in [-0.39, 0.29) is 17.7 Å². The second-order valence-electron chi connectivity index (χ2n) is 7.40. The third-order valence-corrected chi connectivity index (χ3v) is 5.76. The first-order chi connectivity index (χ1) is 14.5. The van der Waals surface area contributed by atoms with Gasteiger partial charge in [0.05, 0.1) is 24.1 Å². The van der Waals surface area contributed by atoms with Crippen molar-refractivity contribution in [2.45, 2.75) is 25.5 Å².